The van der Waals surface area contributed by atoms with Crippen LogP contribution in [0.3, 0.4) is 0 Å². The highest BCUT2D eigenvalue weighted by molar-refractivity contribution is 5.97. The Balaban J connectivity index is 1.13. The van der Waals surface area contributed by atoms with Crippen molar-refractivity contribution in [2.24, 2.45) is 10.9 Å². The molecule has 0 bridgehead atoms. The molecule has 3 aromatic carbocycles. The molecule has 2 aliphatic rings. The Morgan fingerprint density at radius 2 is 1.73 bits per heavy atom. The van der Waals surface area contributed by atoms with Crippen molar-refractivity contribution in [1.82, 2.24) is 35.7 Å². The normalized spacial score (nSPS) is 17.3. The lowest BCUT2D eigenvalue weighted by molar-refractivity contribution is -0.135. The number of amides is 4. The van der Waals surface area contributed by atoms with Gasteiger partial charge in [-0.2, -0.15) is 0 Å². The number of rotatable bonds is 12. The van der Waals surface area contributed by atoms with Gasteiger partial charge >= 0.3 is 12.2 Å². The van der Waals surface area contributed by atoms with Gasteiger partial charge in [-0.05, 0) is 58.9 Å². The monoisotopic (exact) mass is 810 g/mol. The summed E-state index contributed by atoms with van der Waals surface area (Å²) in [5, 5.41) is 10.7. The van der Waals surface area contributed by atoms with E-state index in [4.69, 9.17) is 15.9 Å². The van der Waals surface area contributed by atoms with Crippen molar-refractivity contribution < 1.29 is 28.7 Å². The van der Waals surface area contributed by atoms with E-state index in [2.05, 4.69) is 61.3 Å². The van der Waals surface area contributed by atoms with Gasteiger partial charge in [0.25, 0.3) is 5.91 Å². The summed E-state index contributed by atoms with van der Waals surface area (Å²) in [6.07, 6.45) is 7.65. The quantitative estimate of drug-likeness (QED) is 0.107. The number of carbonyl (C=O) groups is 4. The van der Waals surface area contributed by atoms with Gasteiger partial charge in [0, 0.05) is 24.2 Å². The first-order valence-electron chi connectivity index (χ1n) is 19.9. The number of aliphatic imine (C=N–C) groups is 1. The van der Waals surface area contributed by atoms with Crippen LogP contribution in [0, 0.1) is 30.1 Å². The van der Waals surface area contributed by atoms with Crippen LogP contribution in [-0.4, -0.2) is 102 Å². The molecule has 4 amide bonds. The molecular formula is C46H50N8O6. The van der Waals surface area contributed by atoms with Crippen LogP contribution >= 0.6 is 0 Å². The van der Waals surface area contributed by atoms with Crippen molar-refractivity contribution in [3.05, 3.63) is 102 Å². The van der Waals surface area contributed by atoms with Gasteiger partial charge in [-0.3, -0.25) is 14.6 Å². The molecule has 1 fully saturated rings. The van der Waals surface area contributed by atoms with E-state index in [9.17, 15) is 19.2 Å². The van der Waals surface area contributed by atoms with E-state index < -0.39 is 36.4 Å². The lowest BCUT2D eigenvalue weighted by Crippen LogP contribution is -2.52. The SMILES string of the molecule is C#CC(C1=NCC(C#Cc2ccc3cc(-c4cnc([C@@H]5C(=C)CCN5C(=O)[C@@H](NC(=O)OC)C(C)C)[nH]4)ccc3c2)N1)N(CCC)C(=O)[C@H](NC(=O)OC)c1ccccc1. The predicted molar refractivity (Wildman–Crippen MR) is 229 cm³/mol. The number of hydrogen-bond acceptors (Lipinski definition) is 9. The molecule has 2 unspecified atom stereocenters. The molecule has 6 rings (SSSR count). The van der Waals surface area contributed by atoms with Crippen LogP contribution in [0.1, 0.15) is 62.6 Å². The largest absolute Gasteiger partial charge is 0.453 e. The van der Waals surface area contributed by atoms with Gasteiger partial charge in [0.15, 0.2) is 6.04 Å². The van der Waals surface area contributed by atoms with E-state index in [1.807, 2.05) is 57.2 Å². The number of likely N-dealkylation sites (tertiary alicyclic amines) is 1. The number of nitrogens with zero attached hydrogens (tertiary/aromatic N) is 4. The summed E-state index contributed by atoms with van der Waals surface area (Å²) in [6.45, 7) is 11.1. The highest BCUT2D eigenvalue weighted by Gasteiger charge is 2.40. The fourth-order valence-corrected chi connectivity index (χ4v) is 7.40. The fraction of sp³-hybridized carbons (Fsp3) is 0.348. The molecule has 0 saturated carbocycles. The number of carbonyl (C=O) groups excluding carboxylic acids is 4. The van der Waals surface area contributed by atoms with Crippen LogP contribution in [-0.2, 0) is 19.1 Å². The highest BCUT2D eigenvalue weighted by Crippen LogP contribution is 2.36. The summed E-state index contributed by atoms with van der Waals surface area (Å²) < 4.78 is 9.57. The minimum atomic E-state index is -1.01. The summed E-state index contributed by atoms with van der Waals surface area (Å²) in [7, 11) is 2.51. The molecule has 60 heavy (non-hydrogen) atoms. The number of imidazole rings is 1. The molecule has 3 heterocycles. The third-order valence-electron chi connectivity index (χ3n) is 10.5. The second-order valence-corrected chi connectivity index (χ2v) is 14.9. The van der Waals surface area contributed by atoms with Crippen molar-refractivity contribution >= 4 is 40.6 Å². The number of methoxy groups -OCH3 is 2. The first-order chi connectivity index (χ1) is 29.0. The zero-order valence-corrected chi connectivity index (χ0v) is 34.5. The van der Waals surface area contributed by atoms with Gasteiger partial charge in [-0.1, -0.05) is 93.6 Å². The Hall–Kier alpha value is -7.06. The number of benzene rings is 3. The predicted octanol–water partition coefficient (Wildman–Crippen LogP) is 5.50. The zero-order chi connectivity index (χ0) is 42.9. The number of hydrogen-bond donors (Lipinski definition) is 4. The third kappa shape index (κ3) is 9.45. The van der Waals surface area contributed by atoms with Crippen LogP contribution in [0.15, 0.2) is 90.1 Å². The molecule has 14 heteroatoms. The molecule has 4 N–H and O–H groups in total. The number of ether oxygens (including phenoxy) is 2. The summed E-state index contributed by atoms with van der Waals surface area (Å²) in [5.74, 6) is 9.56. The Kier molecular flexibility index (Phi) is 13.6. The maximum atomic E-state index is 14.0. The Bertz CT molecular complexity index is 2390. The van der Waals surface area contributed by atoms with Crippen LogP contribution in [0.5, 0.6) is 0 Å². The molecule has 2 aliphatic heterocycles. The number of aromatic nitrogens is 2. The van der Waals surface area contributed by atoms with Crippen molar-refractivity contribution in [2.45, 2.75) is 63.8 Å². The molecule has 310 valence electrons. The number of fused-ring (bicyclic) bond motifs is 1. The van der Waals surface area contributed by atoms with Crippen LogP contribution in [0.25, 0.3) is 22.0 Å². The molecule has 1 saturated heterocycles. The maximum absolute atomic E-state index is 14.0. The van der Waals surface area contributed by atoms with E-state index in [1.165, 1.54) is 14.2 Å². The number of aromatic amines is 1. The smallest absolute Gasteiger partial charge is 0.407 e. The lowest BCUT2D eigenvalue weighted by Gasteiger charge is -2.32. The first-order valence-corrected chi connectivity index (χ1v) is 19.9. The molecule has 0 aliphatic carbocycles. The van der Waals surface area contributed by atoms with Gasteiger partial charge in [-0.15, -0.1) is 6.42 Å². The Labute approximate surface area is 350 Å². The van der Waals surface area contributed by atoms with Crippen molar-refractivity contribution in [3.8, 4) is 35.4 Å². The number of amidine groups is 1. The van der Waals surface area contributed by atoms with Crippen LogP contribution < -0.4 is 16.0 Å². The summed E-state index contributed by atoms with van der Waals surface area (Å²) in [6, 6.07) is 17.7. The molecular weight excluding hydrogens is 761 g/mol. The molecule has 5 atom stereocenters. The number of terminal acetylenes is 1. The lowest BCUT2D eigenvalue weighted by atomic mass is 10.0. The van der Waals surface area contributed by atoms with E-state index in [1.54, 1.807) is 40.3 Å². The molecule has 1 aromatic heterocycles. The second kappa shape index (κ2) is 19.1. The topological polar surface area (TPSA) is 170 Å². The number of nitrogens with one attached hydrogen (secondary N) is 4. The average molecular weight is 811 g/mol. The van der Waals surface area contributed by atoms with Gasteiger partial charge in [0.2, 0.25) is 5.91 Å². The molecule has 0 radical (unpaired) electrons. The highest BCUT2D eigenvalue weighted by atomic mass is 16.5. The fourth-order valence-electron chi connectivity index (χ4n) is 7.40. The van der Waals surface area contributed by atoms with Crippen LogP contribution in [0.2, 0.25) is 0 Å². The Morgan fingerprint density at radius 3 is 2.43 bits per heavy atom. The number of alkyl carbamates (subject to hydrolysis) is 2. The minimum absolute atomic E-state index is 0.158. The van der Waals surface area contributed by atoms with E-state index in [-0.39, 0.29) is 23.8 Å². The maximum Gasteiger partial charge on any atom is 0.407 e. The van der Waals surface area contributed by atoms with Crippen LogP contribution in [0.4, 0.5) is 9.59 Å². The molecule has 4 aromatic rings. The first kappa shape index (κ1) is 42.5. The molecule has 0 spiro atoms. The van der Waals surface area contributed by atoms with Gasteiger partial charge in [0.1, 0.15) is 35.8 Å². The van der Waals surface area contributed by atoms with E-state index in [0.717, 1.165) is 33.2 Å². The standard InChI is InChI=1S/C46H50N8O6/c1-8-22-53(44(56)39(52-46(58)60-7)31-13-11-10-12-14-31)37(9-2)41-47-26-35(49-41)20-16-30-15-17-33-25-34(19-18-32(33)24-30)36-27-48-42(50-36)40-29(5)21-23-54(40)43(55)38(28(3)4)51-45(57)59-6/h2,10-15,17-19,24-25,27-28,35,37-40H,5,8,21-23,26H2,1,3-4,6-7H3,(H,47,49)(H,48,50)(H,51,57)(H,52,58)/t35?,37?,38-,39+,40-/m0/s1. The third-order valence-corrected chi connectivity index (χ3v) is 10.5. The summed E-state index contributed by atoms with van der Waals surface area (Å²) in [5.41, 5.74) is 3.98. The van der Waals surface area contributed by atoms with Crippen molar-refractivity contribution in [2.75, 3.05) is 33.9 Å². The summed E-state index contributed by atoms with van der Waals surface area (Å²) in [4.78, 5) is 68.0. The van der Waals surface area contributed by atoms with Gasteiger partial charge in [-0.25, -0.2) is 14.6 Å². The zero-order valence-electron chi connectivity index (χ0n) is 34.5. The van der Waals surface area contributed by atoms with Gasteiger partial charge in [0.05, 0.1) is 32.7 Å². The average Bonchev–Trinajstić information content (AvgIpc) is 4.03. The van der Waals surface area contributed by atoms with Crippen molar-refractivity contribution in [3.63, 3.8) is 0 Å². The van der Waals surface area contributed by atoms with Gasteiger partial charge < -0.3 is 40.2 Å². The Morgan fingerprint density at radius 1 is 1.02 bits per heavy atom. The molecule has 14 nitrogen and oxygen atoms in total. The van der Waals surface area contributed by atoms with Crippen molar-refractivity contribution in [1.29, 1.82) is 0 Å². The van der Waals surface area contributed by atoms with E-state index >= 15 is 0 Å². The van der Waals surface area contributed by atoms with E-state index in [0.29, 0.717) is 49.7 Å². The number of H-pyrrole nitrogens is 1. The minimum Gasteiger partial charge on any atom is -0.453 e. The second-order valence-electron chi connectivity index (χ2n) is 14.9. The summed E-state index contributed by atoms with van der Waals surface area (Å²) >= 11 is 0.